The highest BCUT2D eigenvalue weighted by Gasteiger charge is 2.21. The average molecular weight is 472 g/mol. The molecule has 1 aromatic carbocycles. The fourth-order valence-corrected chi connectivity index (χ4v) is 3.58. The third kappa shape index (κ3) is 7.82. The van der Waals surface area contributed by atoms with Gasteiger partial charge < -0.3 is 15.5 Å². The van der Waals surface area contributed by atoms with Crippen molar-refractivity contribution < 1.29 is 0 Å². The molecular formula is C21H37IN4. The third-order valence-electron chi connectivity index (χ3n) is 4.90. The highest BCUT2D eigenvalue weighted by Crippen LogP contribution is 2.13. The fraction of sp³-hybridized carbons (Fsp3) is 0.667. The first-order chi connectivity index (χ1) is 12.0. The monoisotopic (exact) mass is 472 g/mol. The summed E-state index contributed by atoms with van der Waals surface area (Å²) in [4.78, 5) is 7.35. The second-order valence-electron chi connectivity index (χ2n) is 7.55. The Hall–Kier alpha value is -0.820. The standard InChI is InChI=1S/C21H36N4.HI/c1-6-22-21(24-20-8-11-25(12-9-20)16(2)3)23-10-7-19-14-17(4)13-18(5)15-19;/h13-16,20H,6-12H2,1-5H3,(H2,22,23,24);1H. The van der Waals surface area contributed by atoms with E-state index in [9.17, 15) is 0 Å². The van der Waals surface area contributed by atoms with Crippen LogP contribution in [-0.4, -0.2) is 49.1 Å². The molecule has 0 radical (unpaired) electrons. The molecule has 1 aromatic rings. The zero-order valence-electron chi connectivity index (χ0n) is 17.1. The number of hydrogen-bond acceptors (Lipinski definition) is 2. The summed E-state index contributed by atoms with van der Waals surface area (Å²) >= 11 is 0. The van der Waals surface area contributed by atoms with Crippen LogP contribution in [0, 0.1) is 13.8 Å². The van der Waals surface area contributed by atoms with Gasteiger partial charge in [-0.1, -0.05) is 29.3 Å². The van der Waals surface area contributed by atoms with Gasteiger partial charge in [-0.15, -0.1) is 24.0 Å². The summed E-state index contributed by atoms with van der Waals surface area (Å²) in [6.45, 7) is 15.1. The van der Waals surface area contributed by atoms with Crippen LogP contribution in [0.3, 0.4) is 0 Å². The van der Waals surface area contributed by atoms with Gasteiger partial charge in [0, 0.05) is 38.3 Å². The van der Waals surface area contributed by atoms with Gasteiger partial charge in [-0.25, -0.2) is 0 Å². The Kier molecular flexibility index (Phi) is 10.5. The number of nitrogens with one attached hydrogen (secondary N) is 2. The van der Waals surface area contributed by atoms with E-state index in [4.69, 9.17) is 4.99 Å². The quantitative estimate of drug-likeness (QED) is 0.375. The molecule has 148 valence electrons. The number of benzene rings is 1. The van der Waals surface area contributed by atoms with E-state index in [0.717, 1.165) is 25.5 Å². The van der Waals surface area contributed by atoms with Crippen LogP contribution in [-0.2, 0) is 6.42 Å². The Morgan fingerprint density at radius 1 is 1.15 bits per heavy atom. The van der Waals surface area contributed by atoms with Crippen molar-refractivity contribution >= 4 is 29.9 Å². The number of hydrogen-bond donors (Lipinski definition) is 2. The highest BCUT2D eigenvalue weighted by atomic mass is 127. The lowest BCUT2D eigenvalue weighted by atomic mass is 10.0. The lowest BCUT2D eigenvalue weighted by molar-refractivity contribution is 0.167. The fourth-order valence-electron chi connectivity index (χ4n) is 3.58. The van der Waals surface area contributed by atoms with Gasteiger partial charge in [0.25, 0.3) is 0 Å². The Labute approximate surface area is 177 Å². The zero-order chi connectivity index (χ0) is 18.2. The molecule has 2 N–H and O–H groups in total. The average Bonchev–Trinajstić information content (AvgIpc) is 2.54. The summed E-state index contributed by atoms with van der Waals surface area (Å²) in [6, 6.07) is 7.95. The molecule has 0 aliphatic carbocycles. The molecule has 0 atom stereocenters. The number of aliphatic imine (C=N–C) groups is 1. The predicted molar refractivity (Wildman–Crippen MR) is 124 cm³/mol. The van der Waals surface area contributed by atoms with Gasteiger partial charge in [0.05, 0.1) is 0 Å². The smallest absolute Gasteiger partial charge is 0.191 e. The molecule has 26 heavy (non-hydrogen) atoms. The van der Waals surface area contributed by atoms with Gasteiger partial charge in [0.15, 0.2) is 5.96 Å². The van der Waals surface area contributed by atoms with Gasteiger partial charge in [-0.3, -0.25) is 4.99 Å². The van der Waals surface area contributed by atoms with Crippen molar-refractivity contribution in [1.82, 2.24) is 15.5 Å². The van der Waals surface area contributed by atoms with Crippen LogP contribution >= 0.6 is 24.0 Å². The van der Waals surface area contributed by atoms with E-state index in [0.29, 0.717) is 12.1 Å². The molecule has 1 heterocycles. The minimum atomic E-state index is 0. The minimum Gasteiger partial charge on any atom is -0.357 e. The molecule has 5 heteroatoms. The normalized spacial score (nSPS) is 16.5. The van der Waals surface area contributed by atoms with Crippen LogP contribution < -0.4 is 10.6 Å². The largest absolute Gasteiger partial charge is 0.357 e. The van der Waals surface area contributed by atoms with Crippen LogP contribution in [0.25, 0.3) is 0 Å². The third-order valence-corrected chi connectivity index (χ3v) is 4.90. The summed E-state index contributed by atoms with van der Waals surface area (Å²) in [5, 5.41) is 7.04. The summed E-state index contributed by atoms with van der Waals surface area (Å²) in [6.07, 6.45) is 3.38. The van der Waals surface area contributed by atoms with Crippen molar-refractivity contribution in [3.63, 3.8) is 0 Å². The van der Waals surface area contributed by atoms with E-state index in [2.05, 4.69) is 68.4 Å². The molecule has 1 aliphatic heterocycles. The van der Waals surface area contributed by atoms with Gasteiger partial charge in [0.1, 0.15) is 0 Å². The van der Waals surface area contributed by atoms with E-state index in [1.807, 2.05) is 0 Å². The molecule has 0 saturated carbocycles. The van der Waals surface area contributed by atoms with Crippen LogP contribution in [0.15, 0.2) is 23.2 Å². The van der Waals surface area contributed by atoms with E-state index in [1.165, 1.54) is 42.6 Å². The zero-order valence-corrected chi connectivity index (χ0v) is 19.5. The summed E-state index contributed by atoms with van der Waals surface area (Å²) in [5.74, 6) is 0.967. The van der Waals surface area contributed by atoms with E-state index in [1.54, 1.807) is 0 Å². The first-order valence-corrected chi connectivity index (χ1v) is 9.84. The number of likely N-dealkylation sites (tertiary alicyclic amines) is 1. The molecule has 1 fully saturated rings. The maximum Gasteiger partial charge on any atom is 0.191 e. The van der Waals surface area contributed by atoms with Crippen LogP contribution in [0.5, 0.6) is 0 Å². The molecule has 0 aromatic heterocycles. The Morgan fingerprint density at radius 3 is 2.31 bits per heavy atom. The van der Waals surface area contributed by atoms with Crippen LogP contribution in [0.4, 0.5) is 0 Å². The van der Waals surface area contributed by atoms with Crippen molar-refractivity contribution in [1.29, 1.82) is 0 Å². The Morgan fingerprint density at radius 2 is 1.77 bits per heavy atom. The first kappa shape index (κ1) is 23.2. The molecule has 4 nitrogen and oxygen atoms in total. The van der Waals surface area contributed by atoms with Gasteiger partial charge in [0.2, 0.25) is 0 Å². The van der Waals surface area contributed by atoms with E-state index in [-0.39, 0.29) is 24.0 Å². The number of aryl methyl sites for hydroxylation is 2. The number of guanidine groups is 1. The lowest BCUT2D eigenvalue weighted by Crippen LogP contribution is -2.49. The predicted octanol–water partition coefficient (Wildman–Crippen LogP) is 3.89. The van der Waals surface area contributed by atoms with Crippen molar-refractivity contribution in [2.45, 2.75) is 66.0 Å². The second kappa shape index (κ2) is 11.8. The van der Waals surface area contributed by atoms with Gasteiger partial charge in [-0.2, -0.15) is 0 Å². The molecule has 0 unspecified atom stereocenters. The van der Waals surface area contributed by atoms with Gasteiger partial charge in [-0.05, 0) is 59.4 Å². The highest BCUT2D eigenvalue weighted by molar-refractivity contribution is 14.0. The van der Waals surface area contributed by atoms with E-state index < -0.39 is 0 Å². The van der Waals surface area contributed by atoms with Crippen molar-refractivity contribution in [2.75, 3.05) is 26.2 Å². The SMILES string of the molecule is CCNC(=NCCc1cc(C)cc(C)c1)NC1CCN(C(C)C)CC1.I. The minimum absolute atomic E-state index is 0. The maximum atomic E-state index is 4.80. The topological polar surface area (TPSA) is 39.7 Å². The Bertz CT molecular complexity index is 543. The molecule has 0 spiro atoms. The molecule has 1 saturated heterocycles. The van der Waals surface area contributed by atoms with Crippen LogP contribution in [0.1, 0.15) is 50.3 Å². The molecular weight excluding hydrogens is 435 g/mol. The van der Waals surface area contributed by atoms with Gasteiger partial charge >= 0.3 is 0 Å². The maximum absolute atomic E-state index is 4.80. The number of halogens is 1. The molecule has 0 amide bonds. The van der Waals surface area contributed by atoms with Crippen molar-refractivity contribution in [2.24, 2.45) is 4.99 Å². The van der Waals surface area contributed by atoms with Crippen molar-refractivity contribution in [3.05, 3.63) is 34.9 Å². The number of nitrogens with zero attached hydrogens (tertiary/aromatic N) is 2. The number of rotatable bonds is 6. The number of piperidine rings is 1. The summed E-state index contributed by atoms with van der Waals surface area (Å²) in [7, 11) is 0. The van der Waals surface area contributed by atoms with Crippen LogP contribution in [0.2, 0.25) is 0 Å². The molecule has 2 rings (SSSR count). The summed E-state index contributed by atoms with van der Waals surface area (Å²) < 4.78 is 0. The summed E-state index contributed by atoms with van der Waals surface area (Å²) in [5.41, 5.74) is 4.05. The molecule has 0 bridgehead atoms. The van der Waals surface area contributed by atoms with Crippen molar-refractivity contribution in [3.8, 4) is 0 Å². The van der Waals surface area contributed by atoms with E-state index >= 15 is 0 Å². The second-order valence-corrected chi connectivity index (χ2v) is 7.55. The first-order valence-electron chi connectivity index (χ1n) is 9.84. The molecule has 1 aliphatic rings. The Balaban J connectivity index is 0.00000338. The lowest BCUT2D eigenvalue weighted by Gasteiger charge is -2.35.